The van der Waals surface area contributed by atoms with E-state index in [1.807, 2.05) is 18.2 Å². The zero-order valence-electron chi connectivity index (χ0n) is 11.8. The Kier molecular flexibility index (Phi) is 5.44. The van der Waals surface area contributed by atoms with E-state index in [9.17, 15) is 9.18 Å². The van der Waals surface area contributed by atoms with Gasteiger partial charge >= 0.3 is 0 Å². The molecule has 1 aromatic heterocycles. The van der Waals surface area contributed by atoms with E-state index in [-0.39, 0.29) is 23.6 Å². The molecule has 0 atom stereocenters. The van der Waals surface area contributed by atoms with Crippen molar-refractivity contribution in [3.8, 4) is 6.07 Å². The number of benzene rings is 1. The normalized spacial score (nSPS) is 9.82. The molecule has 0 saturated heterocycles. The molecule has 0 saturated carbocycles. The fraction of sp³-hybridized carbons (Fsp3) is 0.188. The molecule has 0 unspecified atom stereocenters. The van der Waals surface area contributed by atoms with Gasteiger partial charge in [-0.15, -0.1) is 0 Å². The predicted octanol–water partition coefficient (Wildman–Crippen LogP) is 2.21. The molecule has 0 aliphatic heterocycles. The van der Waals surface area contributed by atoms with Crippen LogP contribution >= 0.6 is 0 Å². The van der Waals surface area contributed by atoms with Crippen molar-refractivity contribution in [2.75, 3.05) is 11.9 Å². The molecule has 0 radical (unpaired) electrons. The second-order valence-corrected chi connectivity index (χ2v) is 4.58. The van der Waals surface area contributed by atoms with Crippen molar-refractivity contribution in [2.24, 2.45) is 0 Å². The highest BCUT2D eigenvalue weighted by molar-refractivity contribution is 5.76. The van der Waals surface area contributed by atoms with Gasteiger partial charge < -0.3 is 10.6 Å². The van der Waals surface area contributed by atoms with E-state index in [0.29, 0.717) is 13.1 Å². The molecule has 0 fully saturated rings. The summed E-state index contributed by atoms with van der Waals surface area (Å²) in [4.78, 5) is 15.8. The largest absolute Gasteiger partial charge is 0.382 e. The lowest BCUT2D eigenvalue weighted by atomic mass is 10.2. The van der Waals surface area contributed by atoms with Gasteiger partial charge in [0.05, 0.1) is 29.6 Å². The Morgan fingerprint density at radius 1 is 1.32 bits per heavy atom. The zero-order valence-corrected chi connectivity index (χ0v) is 11.8. The summed E-state index contributed by atoms with van der Waals surface area (Å²) in [5.41, 5.74) is 1.31. The van der Waals surface area contributed by atoms with Crippen LogP contribution in [0.15, 0.2) is 42.6 Å². The van der Waals surface area contributed by atoms with E-state index < -0.39 is 5.82 Å². The number of hydrogen-bond donors (Lipinski definition) is 2. The number of rotatable bonds is 6. The quantitative estimate of drug-likeness (QED) is 0.857. The number of carbonyl (C=O) groups is 1. The predicted molar refractivity (Wildman–Crippen MR) is 80.3 cm³/mol. The van der Waals surface area contributed by atoms with E-state index in [1.54, 1.807) is 12.3 Å². The summed E-state index contributed by atoms with van der Waals surface area (Å²) < 4.78 is 13.6. The SMILES string of the molecule is N#Cc1ccc(NCCC(=O)NCc2ccccn2)c(F)c1. The van der Waals surface area contributed by atoms with Crippen LogP contribution in [0.3, 0.4) is 0 Å². The third-order valence-electron chi connectivity index (χ3n) is 2.96. The van der Waals surface area contributed by atoms with Gasteiger partial charge in [0.2, 0.25) is 5.91 Å². The average molecular weight is 298 g/mol. The summed E-state index contributed by atoms with van der Waals surface area (Å²) in [5, 5.41) is 14.2. The highest BCUT2D eigenvalue weighted by Gasteiger charge is 2.05. The fourth-order valence-electron chi connectivity index (χ4n) is 1.82. The van der Waals surface area contributed by atoms with Crippen LogP contribution in [0.2, 0.25) is 0 Å². The number of hydrogen-bond acceptors (Lipinski definition) is 4. The molecular weight excluding hydrogens is 283 g/mol. The Hall–Kier alpha value is -2.94. The summed E-state index contributed by atoms with van der Waals surface area (Å²) >= 11 is 0. The Balaban J connectivity index is 1.74. The summed E-state index contributed by atoms with van der Waals surface area (Å²) in [7, 11) is 0. The first-order valence-corrected chi connectivity index (χ1v) is 6.79. The summed E-state index contributed by atoms with van der Waals surface area (Å²) in [6.45, 7) is 0.668. The Bertz CT molecular complexity index is 682. The van der Waals surface area contributed by atoms with Gasteiger partial charge in [-0.25, -0.2) is 4.39 Å². The van der Waals surface area contributed by atoms with Gasteiger partial charge in [-0.2, -0.15) is 5.26 Å². The molecule has 5 nitrogen and oxygen atoms in total. The smallest absolute Gasteiger partial charge is 0.222 e. The molecular formula is C16H15FN4O. The molecule has 112 valence electrons. The monoisotopic (exact) mass is 298 g/mol. The standard InChI is InChI=1S/C16H15FN4O/c17-14-9-12(10-18)4-5-15(14)20-8-6-16(22)21-11-13-3-1-2-7-19-13/h1-5,7,9,20H,6,8,11H2,(H,21,22). The van der Waals surface area contributed by atoms with Gasteiger partial charge in [0.1, 0.15) is 5.82 Å². The number of nitriles is 1. The number of carbonyl (C=O) groups excluding carboxylic acids is 1. The number of nitrogens with zero attached hydrogens (tertiary/aromatic N) is 2. The molecule has 22 heavy (non-hydrogen) atoms. The van der Waals surface area contributed by atoms with Gasteiger partial charge in [0, 0.05) is 19.2 Å². The van der Waals surface area contributed by atoms with Crippen LogP contribution in [0.1, 0.15) is 17.7 Å². The number of halogens is 1. The first-order chi connectivity index (χ1) is 10.7. The molecule has 0 aliphatic carbocycles. The lowest BCUT2D eigenvalue weighted by Crippen LogP contribution is -2.25. The van der Waals surface area contributed by atoms with Crippen LogP contribution in [-0.2, 0) is 11.3 Å². The maximum absolute atomic E-state index is 13.6. The molecule has 1 aromatic carbocycles. The maximum atomic E-state index is 13.6. The van der Waals surface area contributed by atoms with Crippen molar-refractivity contribution in [3.63, 3.8) is 0 Å². The molecule has 2 aromatic rings. The van der Waals surface area contributed by atoms with Gasteiger partial charge in [-0.3, -0.25) is 9.78 Å². The van der Waals surface area contributed by atoms with E-state index >= 15 is 0 Å². The summed E-state index contributed by atoms with van der Waals surface area (Å²) in [6, 6.07) is 11.5. The lowest BCUT2D eigenvalue weighted by Gasteiger charge is -2.08. The molecule has 1 amide bonds. The molecule has 2 rings (SSSR count). The van der Waals surface area contributed by atoms with Crippen LogP contribution in [0.4, 0.5) is 10.1 Å². The molecule has 2 N–H and O–H groups in total. The van der Waals surface area contributed by atoms with Crippen molar-refractivity contribution in [1.29, 1.82) is 5.26 Å². The molecule has 0 bridgehead atoms. The van der Waals surface area contributed by atoms with Crippen molar-refractivity contribution in [1.82, 2.24) is 10.3 Å². The summed E-state index contributed by atoms with van der Waals surface area (Å²) in [6.07, 6.45) is 1.88. The zero-order chi connectivity index (χ0) is 15.8. The van der Waals surface area contributed by atoms with Crippen molar-refractivity contribution in [2.45, 2.75) is 13.0 Å². The van der Waals surface area contributed by atoms with Crippen LogP contribution in [0.25, 0.3) is 0 Å². The van der Waals surface area contributed by atoms with Crippen LogP contribution < -0.4 is 10.6 Å². The highest BCUT2D eigenvalue weighted by Crippen LogP contribution is 2.15. The number of nitrogens with one attached hydrogen (secondary N) is 2. The highest BCUT2D eigenvalue weighted by atomic mass is 19.1. The maximum Gasteiger partial charge on any atom is 0.222 e. The summed E-state index contributed by atoms with van der Waals surface area (Å²) in [5.74, 6) is -0.653. The molecule has 0 spiro atoms. The van der Waals surface area contributed by atoms with E-state index in [0.717, 1.165) is 11.8 Å². The van der Waals surface area contributed by atoms with Crippen LogP contribution in [-0.4, -0.2) is 17.4 Å². The second-order valence-electron chi connectivity index (χ2n) is 4.58. The molecule has 0 aliphatic rings. The minimum Gasteiger partial charge on any atom is -0.382 e. The minimum absolute atomic E-state index is 0.146. The topological polar surface area (TPSA) is 77.8 Å². The fourth-order valence-corrected chi connectivity index (χ4v) is 1.82. The van der Waals surface area contributed by atoms with E-state index in [1.165, 1.54) is 12.1 Å². The molecule has 6 heteroatoms. The number of anilines is 1. The minimum atomic E-state index is -0.507. The van der Waals surface area contributed by atoms with Crippen molar-refractivity contribution in [3.05, 3.63) is 59.7 Å². The van der Waals surface area contributed by atoms with Gasteiger partial charge in [0.15, 0.2) is 0 Å². The van der Waals surface area contributed by atoms with E-state index in [2.05, 4.69) is 15.6 Å². The molecule has 1 heterocycles. The number of amides is 1. The first kappa shape index (κ1) is 15.4. The third-order valence-corrected chi connectivity index (χ3v) is 2.96. The van der Waals surface area contributed by atoms with Gasteiger partial charge in [-0.1, -0.05) is 6.07 Å². The Morgan fingerprint density at radius 2 is 2.18 bits per heavy atom. The average Bonchev–Trinajstić information content (AvgIpc) is 2.55. The van der Waals surface area contributed by atoms with Crippen molar-refractivity contribution < 1.29 is 9.18 Å². The lowest BCUT2D eigenvalue weighted by molar-refractivity contribution is -0.121. The Labute approximate surface area is 127 Å². The van der Waals surface area contributed by atoms with Crippen LogP contribution in [0, 0.1) is 17.1 Å². The second kappa shape index (κ2) is 7.74. The van der Waals surface area contributed by atoms with Gasteiger partial charge in [0.25, 0.3) is 0 Å². The third kappa shape index (κ3) is 4.56. The van der Waals surface area contributed by atoms with Gasteiger partial charge in [-0.05, 0) is 30.3 Å². The first-order valence-electron chi connectivity index (χ1n) is 6.79. The Morgan fingerprint density at radius 3 is 2.86 bits per heavy atom. The number of pyridine rings is 1. The van der Waals surface area contributed by atoms with Crippen LogP contribution in [0.5, 0.6) is 0 Å². The van der Waals surface area contributed by atoms with E-state index in [4.69, 9.17) is 5.26 Å². The van der Waals surface area contributed by atoms with Crippen molar-refractivity contribution >= 4 is 11.6 Å². The number of aromatic nitrogens is 1.